The molecule has 0 unspecified atom stereocenters. The lowest BCUT2D eigenvalue weighted by molar-refractivity contribution is 0.0985. The van der Waals surface area contributed by atoms with Crippen molar-refractivity contribution in [2.75, 3.05) is 11.4 Å². The third kappa shape index (κ3) is 2.74. The van der Waals surface area contributed by atoms with Crippen LogP contribution in [0, 0.1) is 6.92 Å². The Hall–Kier alpha value is -2.49. The summed E-state index contributed by atoms with van der Waals surface area (Å²) >= 11 is 0. The standard InChI is InChI=1S/C16H17NO3/c1-3-17(12-5-4-6-13(18)10-12)16(20)14-9-11(2)7-8-15(14)19/h4-10,18-19H,3H2,1-2H3. The fourth-order valence-corrected chi connectivity index (χ4v) is 2.07. The fourth-order valence-electron chi connectivity index (χ4n) is 2.07. The number of phenolic OH excluding ortho intramolecular Hbond substituents is 2. The number of aryl methyl sites for hydroxylation is 1. The van der Waals surface area contributed by atoms with Gasteiger partial charge in [0.2, 0.25) is 0 Å². The van der Waals surface area contributed by atoms with E-state index in [0.717, 1.165) is 5.56 Å². The van der Waals surface area contributed by atoms with Crippen LogP contribution in [0.4, 0.5) is 5.69 Å². The largest absolute Gasteiger partial charge is 0.508 e. The predicted molar refractivity (Wildman–Crippen MR) is 78.3 cm³/mol. The van der Waals surface area contributed by atoms with E-state index in [9.17, 15) is 15.0 Å². The summed E-state index contributed by atoms with van der Waals surface area (Å²) in [6, 6.07) is 11.4. The SMILES string of the molecule is CCN(C(=O)c1cc(C)ccc1O)c1cccc(O)c1. The van der Waals surface area contributed by atoms with Gasteiger partial charge in [-0.15, -0.1) is 0 Å². The molecule has 4 heteroatoms. The van der Waals surface area contributed by atoms with Gasteiger partial charge in [0.25, 0.3) is 5.91 Å². The number of nitrogens with zero attached hydrogens (tertiary/aromatic N) is 1. The number of carbonyl (C=O) groups excluding carboxylic acids is 1. The first-order chi connectivity index (χ1) is 9.52. The highest BCUT2D eigenvalue weighted by Crippen LogP contribution is 2.25. The second-order valence-corrected chi connectivity index (χ2v) is 4.59. The van der Waals surface area contributed by atoms with Gasteiger partial charge >= 0.3 is 0 Å². The number of hydrogen-bond donors (Lipinski definition) is 2. The molecule has 2 N–H and O–H groups in total. The van der Waals surface area contributed by atoms with Gasteiger partial charge in [-0.1, -0.05) is 17.7 Å². The minimum absolute atomic E-state index is 0.0424. The lowest BCUT2D eigenvalue weighted by Crippen LogP contribution is -2.30. The number of phenols is 2. The van der Waals surface area contributed by atoms with E-state index in [1.54, 1.807) is 30.3 Å². The number of carbonyl (C=O) groups is 1. The Morgan fingerprint density at radius 3 is 2.55 bits per heavy atom. The summed E-state index contributed by atoms with van der Waals surface area (Å²) in [7, 11) is 0. The minimum Gasteiger partial charge on any atom is -0.508 e. The average molecular weight is 271 g/mol. The highest BCUT2D eigenvalue weighted by molar-refractivity contribution is 6.08. The van der Waals surface area contributed by atoms with Crippen LogP contribution in [0.2, 0.25) is 0 Å². The van der Waals surface area contributed by atoms with Gasteiger partial charge in [-0.05, 0) is 38.1 Å². The molecule has 1 amide bonds. The summed E-state index contributed by atoms with van der Waals surface area (Å²) in [4.78, 5) is 14.1. The molecule has 0 aliphatic heterocycles. The van der Waals surface area contributed by atoms with Crippen LogP contribution >= 0.6 is 0 Å². The number of benzene rings is 2. The van der Waals surface area contributed by atoms with Gasteiger partial charge in [0.15, 0.2) is 0 Å². The molecule has 0 radical (unpaired) electrons. The lowest BCUT2D eigenvalue weighted by atomic mass is 10.1. The molecule has 2 rings (SSSR count). The first kappa shape index (κ1) is 13.9. The highest BCUT2D eigenvalue weighted by atomic mass is 16.3. The maximum absolute atomic E-state index is 12.5. The van der Waals surface area contributed by atoms with Crippen molar-refractivity contribution in [2.45, 2.75) is 13.8 Å². The third-order valence-electron chi connectivity index (χ3n) is 3.09. The zero-order chi connectivity index (χ0) is 14.7. The minimum atomic E-state index is -0.292. The van der Waals surface area contributed by atoms with Crippen LogP contribution in [0.5, 0.6) is 11.5 Å². The Balaban J connectivity index is 2.41. The van der Waals surface area contributed by atoms with Crippen molar-refractivity contribution < 1.29 is 15.0 Å². The number of aromatic hydroxyl groups is 2. The average Bonchev–Trinajstić information content (AvgIpc) is 2.42. The summed E-state index contributed by atoms with van der Waals surface area (Å²) in [6.45, 7) is 4.14. The van der Waals surface area contributed by atoms with E-state index in [1.807, 2.05) is 13.8 Å². The molecule has 104 valence electrons. The van der Waals surface area contributed by atoms with Crippen LogP contribution in [0.1, 0.15) is 22.8 Å². The van der Waals surface area contributed by atoms with E-state index in [2.05, 4.69) is 0 Å². The Labute approximate surface area is 117 Å². The molecule has 0 saturated carbocycles. The Bertz CT molecular complexity index is 637. The Morgan fingerprint density at radius 2 is 1.90 bits per heavy atom. The normalized spacial score (nSPS) is 10.3. The van der Waals surface area contributed by atoms with E-state index in [1.165, 1.54) is 17.0 Å². The number of hydrogen-bond acceptors (Lipinski definition) is 3. The Kier molecular flexibility index (Phi) is 3.94. The highest BCUT2D eigenvalue weighted by Gasteiger charge is 2.19. The molecule has 0 aromatic heterocycles. The number of anilines is 1. The topological polar surface area (TPSA) is 60.8 Å². The molecular weight excluding hydrogens is 254 g/mol. The van der Waals surface area contributed by atoms with Gasteiger partial charge in [-0.25, -0.2) is 0 Å². The molecular formula is C16H17NO3. The van der Waals surface area contributed by atoms with Gasteiger partial charge in [-0.2, -0.15) is 0 Å². The van der Waals surface area contributed by atoms with Crippen molar-refractivity contribution in [2.24, 2.45) is 0 Å². The molecule has 0 aliphatic rings. The molecule has 0 saturated heterocycles. The zero-order valence-corrected chi connectivity index (χ0v) is 11.5. The summed E-state index contributed by atoms with van der Waals surface area (Å²) in [5, 5.41) is 19.4. The van der Waals surface area contributed by atoms with Gasteiger partial charge in [0.05, 0.1) is 5.56 Å². The van der Waals surface area contributed by atoms with Crippen molar-refractivity contribution in [3.05, 3.63) is 53.6 Å². The fraction of sp³-hybridized carbons (Fsp3) is 0.188. The molecule has 0 fully saturated rings. The summed E-state index contributed by atoms with van der Waals surface area (Å²) in [6.07, 6.45) is 0. The molecule has 20 heavy (non-hydrogen) atoms. The molecule has 2 aromatic rings. The maximum atomic E-state index is 12.5. The van der Waals surface area contributed by atoms with Crippen molar-refractivity contribution in [3.63, 3.8) is 0 Å². The molecule has 0 atom stereocenters. The van der Waals surface area contributed by atoms with Gasteiger partial charge in [-0.3, -0.25) is 4.79 Å². The molecule has 0 spiro atoms. The van der Waals surface area contributed by atoms with Crippen molar-refractivity contribution >= 4 is 11.6 Å². The van der Waals surface area contributed by atoms with E-state index >= 15 is 0 Å². The van der Waals surface area contributed by atoms with Crippen LogP contribution in [-0.2, 0) is 0 Å². The van der Waals surface area contributed by atoms with Crippen LogP contribution in [0.25, 0.3) is 0 Å². The van der Waals surface area contributed by atoms with Crippen LogP contribution in [-0.4, -0.2) is 22.7 Å². The first-order valence-electron chi connectivity index (χ1n) is 6.43. The zero-order valence-electron chi connectivity index (χ0n) is 11.5. The van der Waals surface area contributed by atoms with Gasteiger partial charge in [0, 0.05) is 18.3 Å². The second kappa shape index (κ2) is 5.65. The number of amides is 1. The maximum Gasteiger partial charge on any atom is 0.262 e. The van der Waals surface area contributed by atoms with Crippen LogP contribution in [0.15, 0.2) is 42.5 Å². The van der Waals surface area contributed by atoms with Crippen molar-refractivity contribution in [1.29, 1.82) is 0 Å². The quantitative estimate of drug-likeness (QED) is 0.901. The smallest absolute Gasteiger partial charge is 0.262 e. The molecule has 2 aromatic carbocycles. The second-order valence-electron chi connectivity index (χ2n) is 4.59. The van der Waals surface area contributed by atoms with Gasteiger partial charge < -0.3 is 15.1 Å². The molecule has 0 bridgehead atoms. The van der Waals surface area contributed by atoms with E-state index in [-0.39, 0.29) is 23.0 Å². The monoisotopic (exact) mass is 271 g/mol. The molecule has 0 heterocycles. The van der Waals surface area contributed by atoms with Crippen molar-refractivity contribution in [1.82, 2.24) is 0 Å². The van der Waals surface area contributed by atoms with Crippen LogP contribution < -0.4 is 4.90 Å². The van der Waals surface area contributed by atoms with E-state index < -0.39 is 0 Å². The Morgan fingerprint density at radius 1 is 1.15 bits per heavy atom. The van der Waals surface area contributed by atoms with Crippen molar-refractivity contribution in [3.8, 4) is 11.5 Å². The number of rotatable bonds is 3. The summed E-state index contributed by atoms with van der Waals surface area (Å²) in [5.74, 6) is -0.235. The summed E-state index contributed by atoms with van der Waals surface area (Å²) < 4.78 is 0. The lowest BCUT2D eigenvalue weighted by Gasteiger charge is -2.22. The molecule has 4 nitrogen and oxygen atoms in total. The predicted octanol–water partition coefficient (Wildman–Crippen LogP) is 3.07. The van der Waals surface area contributed by atoms with E-state index in [0.29, 0.717) is 12.2 Å². The van der Waals surface area contributed by atoms with Crippen LogP contribution in [0.3, 0.4) is 0 Å². The summed E-state index contributed by atoms with van der Waals surface area (Å²) in [5.41, 5.74) is 1.76. The third-order valence-corrected chi connectivity index (χ3v) is 3.09. The van der Waals surface area contributed by atoms with Gasteiger partial charge in [0.1, 0.15) is 11.5 Å². The van der Waals surface area contributed by atoms with E-state index in [4.69, 9.17) is 0 Å². The molecule has 0 aliphatic carbocycles. The first-order valence-corrected chi connectivity index (χ1v) is 6.43.